The summed E-state index contributed by atoms with van der Waals surface area (Å²) in [7, 11) is 3.42. The van der Waals surface area contributed by atoms with Gasteiger partial charge < -0.3 is 9.64 Å². The maximum atomic E-state index is 12.1. The van der Waals surface area contributed by atoms with Gasteiger partial charge in [0, 0.05) is 25.7 Å². The number of hydrogen-bond donors (Lipinski definition) is 0. The molecule has 0 bridgehead atoms. The standard InChI is InChI=1S/C18H23NO3/c1-19(2)18(21)16-11-7-6-8-14(16)12-13-17(20)22-15-9-4-3-5-10-15/h6-8,11-13,15H,3-5,9-10H2,1-2H3/b13-12+. The predicted molar refractivity (Wildman–Crippen MR) is 86.5 cm³/mol. The molecule has 0 aromatic heterocycles. The van der Waals surface area contributed by atoms with Crippen LogP contribution < -0.4 is 0 Å². The monoisotopic (exact) mass is 301 g/mol. The minimum Gasteiger partial charge on any atom is -0.459 e. The molecule has 1 fully saturated rings. The molecule has 1 aliphatic carbocycles. The first-order valence-electron chi connectivity index (χ1n) is 7.77. The van der Waals surface area contributed by atoms with Crippen molar-refractivity contribution < 1.29 is 14.3 Å². The number of rotatable bonds is 4. The Labute approximate surface area is 131 Å². The van der Waals surface area contributed by atoms with Crippen LogP contribution in [0.4, 0.5) is 0 Å². The topological polar surface area (TPSA) is 46.6 Å². The fraction of sp³-hybridized carbons (Fsp3) is 0.444. The molecule has 0 aliphatic heterocycles. The van der Waals surface area contributed by atoms with E-state index in [1.165, 1.54) is 17.4 Å². The Balaban J connectivity index is 2.03. The number of esters is 1. The fourth-order valence-electron chi connectivity index (χ4n) is 2.62. The molecule has 1 aliphatic rings. The van der Waals surface area contributed by atoms with Gasteiger partial charge in [0.1, 0.15) is 6.10 Å². The fourth-order valence-corrected chi connectivity index (χ4v) is 2.62. The molecular weight excluding hydrogens is 278 g/mol. The van der Waals surface area contributed by atoms with Gasteiger partial charge in [-0.25, -0.2) is 4.79 Å². The van der Waals surface area contributed by atoms with Crippen LogP contribution in [-0.2, 0) is 9.53 Å². The highest BCUT2D eigenvalue weighted by molar-refractivity contribution is 5.98. The van der Waals surface area contributed by atoms with Crippen molar-refractivity contribution in [2.75, 3.05) is 14.1 Å². The van der Waals surface area contributed by atoms with Gasteiger partial charge in [0.05, 0.1) is 0 Å². The van der Waals surface area contributed by atoms with Gasteiger partial charge in [0.15, 0.2) is 0 Å². The molecule has 4 nitrogen and oxygen atoms in total. The molecule has 0 radical (unpaired) electrons. The summed E-state index contributed by atoms with van der Waals surface area (Å²) in [5.74, 6) is -0.417. The first-order valence-corrected chi connectivity index (χ1v) is 7.77. The second kappa shape index (κ2) is 7.78. The zero-order valence-electron chi connectivity index (χ0n) is 13.2. The third-order valence-electron chi connectivity index (χ3n) is 3.83. The van der Waals surface area contributed by atoms with Crippen LogP contribution in [0.25, 0.3) is 6.08 Å². The molecule has 0 N–H and O–H groups in total. The maximum absolute atomic E-state index is 12.1. The van der Waals surface area contributed by atoms with E-state index in [0.717, 1.165) is 31.2 Å². The Morgan fingerprint density at radius 3 is 2.50 bits per heavy atom. The van der Waals surface area contributed by atoms with E-state index in [9.17, 15) is 9.59 Å². The van der Waals surface area contributed by atoms with E-state index in [1.54, 1.807) is 26.2 Å². The predicted octanol–water partition coefficient (Wildman–Crippen LogP) is 3.28. The molecule has 22 heavy (non-hydrogen) atoms. The van der Waals surface area contributed by atoms with E-state index < -0.39 is 0 Å². The van der Waals surface area contributed by atoms with Crippen LogP contribution in [-0.4, -0.2) is 37.0 Å². The van der Waals surface area contributed by atoms with Crippen LogP contribution in [0.2, 0.25) is 0 Å². The molecule has 118 valence electrons. The molecular formula is C18H23NO3. The Kier molecular flexibility index (Phi) is 5.75. The first kappa shape index (κ1) is 16.3. The molecule has 0 atom stereocenters. The Hall–Kier alpha value is -2.10. The lowest BCUT2D eigenvalue weighted by Gasteiger charge is -2.20. The summed E-state index contributed by atoms with van der Waals surface area (Å²) in [6.07, 6.45) is 8.50. The zero-order valence-corrected chi connectivity index (χ0v) is 13.2. The van der Waals surface area contributed by atoms with Crippen LogP contribution in [0.1, 0.15) is 48.0 Å². The quantitative estimate of drug-likeness (QED) is 0.633. The van der Waals surface area contributed by atoms with Crippen molar-refractivity contribution in [1.29, 1.82) is 0 Å². The lowest BCUT2D eigenvalue weighted by molar-refractivity contribution is -0.144. The smallest absolute Gasteiger partial charge is 0.331 e. The summed E-state index contributed by atoms with van der Waals surface area (Å²) in [5.41, 5.74) is 1.30. The van der Waals surface area contributed by atoms with E-state index in [1.807, 2.05) is 18.2 Å². The Bertz CT molecular complexity index is 557. The van der Waals surface area contributed by atoms with Gasteiger partial charge in [0.25, 0.3) is 5.91 Å². The van der Waals surface area contributed by atoms with Crippen molar-refractivity contribution >= 4 is 18.0 Å². The van der Waals surface area contributed by atoms with Crippen LogP contribution in [0, 0.1) is 0 Å². The average Bonchev–Trinajstić information content (AvgIpc) is 2.53. The molecule has 4 heteroatoms. The summed E-state index contributed by atoms with van der Waals surface area (Å²) in [6, 6.07) is 7.24. The van der Waals surface area contributed by atoms with Gasteiger partial charge in [-0.15, -0.1) is 0 Å². The molecule has 0 unspecified atom stereocenters. The number of hydrogen-bond acceptors (Lipinski definition) is 3. The van der Waals surface area contributed by atoms with Crippen molar-refractivity contribution in [3.8, 4) is 0 Å². The lowest BCUT2D eigenvalue weighted by atomic mass is 9.98. The van der Waals surface area contributed by atoms with Gasteiger partial charge in [-0.05, 0) is 43.4 Å². The van der Waals surface area contributed by atoms with Gasteiger partial charge in [-0.1, -0.05) is 24.6 Å². The average molecular weight is 301 g/mol. The molecule has 1 aromatic carbocycles. The van der Waals surface area contributed by atoms with E-state index in [0.29, 0.717) is 5.56 Å². The van der Waals surface area contributed by atoms with Crippen LogP contribution in [0.5, 0.6) is 0 Å². The molecule has 2 rings (SSSR count). The number of carbonyl (C=O) groups is 2. The normalized spacial score (nSPS) is 15.7. The summed E-state index contributed by atoms with van der Waals surface area (Å²) in [5, 5.41) is 0. The maximum Gasteiger partial charge on any atom is 0.331 e. The van der Waals surface area contributed by atoms with Crippen LogP contribution in [0.15, 0.2) is 30.3 Å². The first-order chi connectivity index (χ1) is 10.6. The highest BCUT2D eigenvalue weighted by Crippen LogP contribution is 2.20. The number of carbonyl (C=O) groups excluding carboxylic acids is 2. The van der Waals surface area contributed by atoms with Crippen molar-refractivity contribution in [2.24, 2.45) is 0 Å². The minimum atomic E-state index is -0.334. The third-order valence-corrected chi connectivity index (χ3v) is 3.83. The van der Waals surface area contributed by atoms with Crippen molar-refractivity contribution in [2.45, 2.75) is 38.2 Å². The SMILES string of the molecule is CN(C)C(=O)c1ccccc1/C=C/C(=O)OC1CCCCC1. The van der Waals surface area contributed by atoms with Gasteiger partial charge in [-0.3, -0.25) is 4.79 Å². The summed E-state index contributed by atoms with van der Waals surface area (Å²) in [4.78, 5) is 25.5. The van der Waals surface area contributed by atoms with Crippen molar-refractivity contribution in [1.82, 2.24) is 4.90 Å². The van der Waals surface area contributed by atoms with Crippen molar-refractivity contribution in [3.63, 3.8) is 0 Å². The largest absolute Gasteiger partial charge is 0.459 e. The molecule has 1 saturated carbocycles. The van der Waals surface area contributed by atoms with Gasteiger partial charge >= 0.3 is 5.97 Å². The van der Waals surface area contributed by atoms with Crippen molar-refractivity contribution in [3.05, 3.63) is 41.5 Å². The molecule has 0 spiro atoms. The number of nitrogens with zero attached hydrogens (tertiary/aromatic N) is 1. The Morgan fingerprint density at radius 1 is 1.14 bits per heavy atom. The second-order valence-corrected chi connectivity index (χ2v) is 5.82. The minimum absolute atomic E-state index is 0.0459. The van der Waals surface area contributed by atoms with Crippen LogP contribution >= 0.6 is 0 Å². The summed E-state index contributed by atoms with van der Waals surface area (Å²) >= 11 is 0. The second-order valence-electron chi connectivity index (χ2n) is 5.82. The number of benzene rings is 1. The molecule has 1 amide bonds. The zero-order chi connectivity index (χ0) is 15.9. The Morgan fingerprint density at radius 2 is 1.82 bits per heavy atom. The van der Waals surface area contributed by atoms with E-state index in [4.69, 9.17) is 4.74 Å². The molecule has 0 heterocycles. The molecule has 0 saturated heterocycles. The third kappa shape index (κ3) is 4.45. The summed E-state index contributed by atoms with van der Waals surface area (Å²) < 4.78 is 5.44. The highest BCUT2D eigenvalue weighted by atomic mass is 16.5. The highest BCUT2D eigenvalue weighted by Gasteiger charge is 2.16. The van der Waals surface area contributed by atoms with Crippen LogP contribution in [0.3, 0.4) is 0 Å². The van der Waals surface area contributed by atoms with E-state index in [-0.39, 0.29) is 18.0 Å². The number of ether oxygens (including phenoxy) is 1. The van der Waals surface area contributed by atoms with Gasteiger partial charge in [-0.2, -0.15) is 0 Å². The van der Waals surface area contributed by atoms with E-state index in [2.05, 4.69) is 0 Å². The van der Waals surface area contributed by atoms with E-state index >= 15 is 0 Å². The number of amides is 1. The van der Waals surface area contributed by atoms with Gasteiger partial charge in [0.2, 0.25) is 0 Å². The molecule has 1 aromatic rings. The summed E-state index contributed by atoms with van der Waals surface area (Å²) in [6.45, 7) is 0. The lowest BCUT2D eigenvalue weighted by Crippen LogP contribution is -2.22.